The number of carboxylic acids is 1. The molecule has 108 valence electrons. The molecule has 0 unspecified atom stereocenters. The van der Waals surface area contributed by atoms with Crippen LogP contribution in [-0.4, -0.2) is 22.0 Å². The minimum absolute atomic E-state index is 0.0746. The molecule has 1 aromatic heterocycles. The highest BCUT2D eigenvalue weighted by atomic mass is 16.4. The van der Waals surface area contributed by atoms with Gasteiger partial charge in [-0.05, 0) is 43.7 Å². The van der Waals surface area contributed by atoms with Gasteiger partial charge in [0, 0.05) is 11.4 Å². The number of aliphatic carboxylic acids is 1. The highest BCUT2D eigenvalue weighted by molar-refractivity contribution is 6.05. The van der Waals surface area contributed by atoms with E-state index in [0.717, 1.165) is 5.69 Å². The highest BCUT2D eigenvalue weighted by Crippen LogP contribution is 2.14. The van der Waals surface area contributed by atoms with E-state index in [-0.39, 0.29) is 12.3 Å². The Morgan fingerprint density at radius 3 is 2.62 bits per heavy atom. The lowest BCUT2D eigenvalue weighted by molar-refractivity contribution is -0.136. The first-order valence-corrected chi connectivity index (χ1v) is 6.52. The quantitative estimate of drug-likeness (QED) is 0.904. The number of hydrogen-bond donors (Lipinski definition) is 2. The molecule has 0 spiro atoms. The molecule has 5 nitrogen and oxygen atoms in total. The lowest BCUT2D eigenvalue weighted by atomic mass is 10.1. The summed E-state index contributed by atoms with van der Waals surface area (Å²) in [6, 6.07) is 10.3. The average molecular weight is 284 g/mol. The molecular weight excluding hydrogens is 268 g/mol. The summed E-state index contributed by atoms with van der Waals surface area (Å²) in [7, 11) is 0. The van der Waals surface area contributed by atoms with E-state index in [4.69, 9.17) is 5.11 Å². The van der Waals surface area contributed by atoms with Crippen LogP contribution in [0.1, 0.15) is 27.3 Å². The van der Waals surface area contributed by atoms with Crippen molar-refractivity contribution in [1.29, 1.82) is 0 Å². The molecule has 0 aliphatic carbocycles. The van der Waals surface area contributed by atoms with Crippen molar-refractivity contribution in [2.45, 2.75) is 20.3 Å². The Kier molecular flexibility index (Phi) is 4.33. The van der Waals surface area contributed by atoms with Crippen molar-refractivity contribution in [1.82, 2.24) is 4.98 Å². The molecule has 5 heteroatoms. The van der Waals surface area contributed by atoms with Gasteiger partial charge in [0.2, 0.25) is 0 Å². The fourth-order valence-electron chi connectivity index (χ4n) is 2.06. The zero-order valence-electron chi connectivity index (χ0n) is 11.9. The van der Waals surface area contributed by atoms with Gasteiger partial charge in [-0.25, -0.2) is 0 Å². The van der Waals surface area contributed by atoms with Crippen molar-refractivity contribution >= 4 is 17.6 Å². The van der Waals surface area contributed by atoms with Gasteiger partial charge in [-0.1, -0.05) is 12.1 Å². The van der Waals surface area contributed by atoms with Crippen LogP contribution in [0.2, 0.25) is 0 Å². The number of aromatic nitrogens is 1. The number of carbonyl (C=O) groups excluding carboxylic acids is 1. The van der Waals surface area contributed by atoms with E-state index in [1.807, 2.05) is 6.92 Å². The Balaban J connectivity index is 2.17. The first-order chi connectivity index (χ1) is 9.95. The maximum Gasteiger partial charge on any atom is 0.307 e. The van der Waals surface area contributed by atoms with Crippen molar-refractivity contribution in [2.75, 3.05) is 5.32 Å². The summed E-state index contributed by atoms with van der Waals surface area (Å²) in [5, 5.41) is 11.5. The van der Waals surface area contributed by atoms with Gasteiger partial charge in [0.15, 0.2) is 0 Å². The molecular formula is C16H16N2O3. The van der Waals surface area contributed by atoms with Crippen molar-refractivity contribution in [3.05, 3.63) is 58.9 Å². The van der Waals surface area contributed by atoms with Gasteiger partial charge in [-0.3, -0.25) is 14.6 Å². The van der Waals surface area contributed by atoms with E-state index in [1.165, 1.54) is 0 Å². The number of aryl methyl sites for hydroxylation is 2. The number of carbonyl (C=O) groups is 2. The number of hydrogen-bond acceptors (Lipinski definition) is 3. The van der Waals surface area contributed by atoms with Gasteiger partial charge in [0.25, 0.3) is 5.91 Å². The van der Waals surface area contributed by atoms with Crippen molar-refractivity contribution in [3.63, 3.8) is 0 Å². The summed E-state index contributed by atoms with van der Waals surface area (Å²) in [6.07, 6.45) is -0.0746. The topological polar surface area (TPSA) is 79.3 Å². The Morgan fingerprint density at radius 2 is 1.95 bits per heavy atom. The first kappa shape index (κ1) is 14.7. The molecule has 0 aliphatic rings. The molecule has 0 bridgehead atoms. The number of rotatable bonds is 4. The maximum atomic E-state index is 12.2. The van der Waals surface area contributed by atoms with Crippen LogP contribution in [0.5, 0.6) is 0 Å². The monoisotopic (exact) mass is 284 g/mol. The third kappa shape index (κ3) is 3.89. The number of carboxylic acid groups (broad SMARTS) is 1. The summed E-state index contributed by atoms with van der Waals surface area (Å²) < 4.78 is 0. The maximum absolute atomic E-state index is 12.2. The molecule has 1 aromatic carbocycles. The standard InChI is InChI=1S/C16H16N2O3/c1-10-6-7-14(11(2)17-10)16(21)18-13-5-3-4-12(8-13)9-15(19)20/h3-8H,9H2,1-2H3,(H,18,21)(H,19,20). The lowest BCUT2D eigenvalue weighted by Gasteiger charge is -2.09. The number of benzene rings is 1. The van der Waals surface area contributed by atoms with E-state index in [2.05, 4.69) is 10.3 Å². The van der Waals surface area contributed by atoms with Crippen LogP contribution in [0.25, 0.3) is 0 Å². The van der Waals surface area contributed by atoms with E-state index < -0.39 is 5.97 Å². The molecule has 2 rings (SSSR count). The van der Waals surface area contributed by atoms with E-state index >= 15 is 0 Å². The lowest BCUT2D eigenvalue weighted by Crippen LogP contribution is -2.14. The number of nitrogens with one attached hydrogen (secondary N) is 1. The van der Waals surface area contributed by atoms with Crippen LogP contribution < -0.4 is 5.32 Å². The molecule has 0 saturated heterocycles. The summed E-state index contributed by atoms with van der Waals surface area (Å²) in [5.41, 5.74) is 3.23. The third-order valence-corrected chi connectivity index (χ3v) is 3.01. The van der Waals surface area contributed by atoms with Gasteiger partial charge in [-0.15, -0.1) is 0 Å². The minimum Gasteiger partial charge on any atom is -0.481 e. The second-order valence-electron chi connectivity index (χ2n) is 4.81. The summed E-state index contributed by atoms with van der Waals surface area (Å²) in [4.78, 5) is 27.2. The molecule has 1 amide bonds. The Bertz CT molecular complexity index is 696. The van der Waals surface area contributed by atoms with E-state index in [9.17, 15) is 9.59 Å². The average Bonchev–Trinajstić information content (AvgIpc) is 2.37. The highest BCUT2D eigenvalue weighted by Gasteiger charge is 2.11. The summed E-state index contributed by atoms with van der Waals surface area (Å²) >= 11 is 0. The summed E-state index contributed by atoms with van der Waals surface area (Å²) in [6.45, 7) is 3.65. The molecule has 2 N–H and O–H groups in total. The van der Waals surface area contributed by atoms with Crippen LogP contribution in [0.15, 0.2) is 36.4 Å². The second kappa shape index (κ2) is 6.17. The van der Waals surface area contributed by atoms with Crippen molar-refractivity contribution < 1.29 is 14.7 Å². The molecule has 0 saturated carbocycles. The molecule has 1 heterocycles. The van der Waals surface area contributed by atoms with Gasteiger partial charge in [0.05, 0.1) is 17.7 Å². The van der Waals surface area contributed by atoms with E-state index in [0.29, 0.717) is 22.5 Å². The van der Waals surface area contributed by atoms with Gasteiger partial charge >= 0.3 is 5.97 Å². The van der Waals surface area contributed by atoms with Gasteiger partial charge in [-0.2, -0.15) is 0 Å². The van der Waals surface area contributed by atoms with Crippen molar-refractivity contribution in [3.8, 4) is 0 Å². The molecule has 0 radical (unpaired) electrons. The Morgan fingerprint density at radius 1 is 1.19 bits per heavy atom. The van der Waals surface area contributed by atoms with Crippen LogP contribution >= 0.6 is 0 Å². The van der Waals surface area contributed by atoms with Crippen LogP contribution in [0.4, 0.5) is 5.69 Å². The van der Waals surface area contributed by atoms with Crippen LogP contribution in [0, 0.1) is 13.8 Å². The predicted molar refractivity (Wildman–Crippen MR) is 79.4 cm³/mol. The Hall–Kier alpha value is -2.69. The van der Waals surface area contributed by atoms with Crippen LogP contribution in [0.3, 0.4) is 0 Å². The number of anilines is 1. The first-order valence-electron chi connectivity index (χ1n) is 6.52. The van der Waals surface area contributed by atoms with E-state index in [1.54, 1.807) is 43.3 Å². The SMILES string of the molecule is Cc1ccc(C(=O)Nc2cccc(CC(=O)O)c2)c(C)n1. The smallest absolute Gasteiger partial charge is 0.307 e. The third-order valence-electron chi connectivity index (χ3n) is 3.01. The zero-order valence-corrected chi connectivity index (χ0v) is 11.9. The van der Waals surface area contributed by atoms with Gasteiger partial charge in [0.1, 0.15) is 0 Å². The fourth-order valence-corrected chi connectivity index (χ4v) is 2.06. The fraction of sp³-hybridized carbons (Fsp3) is 0.188. The predicted octanol–water partition coefficient (Wildman–Crippen LogP) is 2.58. The molecule has 2 aromatic rings. The zero-order chi connectivity index (χ0) is 15.4. The minimum atomic E-state index is -0.906. The number of pyridine rings is 1. The number of amides is 1. The summed E-state index contributed by atoms with van der Waals surface area (Å²) in [5.74, 6) is -1.16. The molecule has 0 atom stereocenters. The number of nitrogens with zero attached hydrogens (tertiary/aromatic N) is 1. The molecule has 0 aliphatic heterocycles. The van der Waals surface area contributed by atoms with Crippen molar-refractivity contribution in [2.24, 2.45) is 0 Å². The normalized spacial score (nSPS) is 10.2. The second-order valence-corrected chi connectivity index (χ2v) is 4.81. The van der Waals surface area contributed by atoms with Crippen LogP contribution in [-0.2, 0) is 11.2 Å². The van der Waals surface area contributed by atoms with Gasteiger partial charge < -0.3 is 10.4 Å². The molecule has 21 heavy (non-hydrogen) atoms. The Labute approximate surface area is 122 Å². The largest absolute Gasteiger partial charge is 0.481 e. The molecule has 0 fully saturated rings.